The van der Waals surface area contributed by atoms with Crippen LogP contribution in [0.25, 0.3) is 0 Å². The molecule has 2 aromatic carbocycles. The van der Waals surface area contributed by atoms with Crippen LogP contribution >= 0.6 is 23.2 Å². The largest absolute Gasteiger partial charge is 0.479 e. The first-order valence-corrected chi connectivity index (χ1v) is 8.90. The Morgan fingerprint density at radius 2 is 1.96 bits per heavy atom. The molecule has 1 heterocycles. The predicted octanol–water partition coefficient (Wildman–Crippen LogP) is 4.44. The van der Waals surface area contributed by atoms with Gasteiger partial charge in [-0.25, -0.2) is 0 Å². The lowest BCUT2D eigenvalue weighted by molar-refractivity contribution is -0.128. The summed E-state index contributed by atoms with van der Waals surface area (Å²) in [6.07, 6.45) is -0.671. The van der Waals surface area contributed by atoms with Crippen LogP contribution < -0.4 is 15.0 Å². The summed E-state index contributed by atoms with van der Waals surface area (Å²) in [5, 5.41) is 3.56. The molecule has 3 rings (SSSR count). The Morgan fingerprint density at radius 1 is 1.23 bits per heavy atom. The van der Waals surface area contributed by atoms with Crippen molar-refractivity contribution < 1.29 is 14.3 Å². The number of amides is 2. The average molecular weight is 393 g/mol. The maximum absolute atomic E-state index is 12.8. The van der Waals surface area contributed by atoms with E-state index in [4.69, 9.17) is 27.9 Å². The third kappa shape index (κ3) is 3.50. The molecule has 0 saturated heterocycles. The zero-order valence-electron chi connectivity index (χ0n) is 14.5. The quantitative estimate of drug-likeness (QED) is 0.839. The molecule has 136 valence electrons. The third-order valence-electron chi connectivity index (χ3n) is 4.22. The van der Waals surface area contributed by atoms with Crippen LogP contribution in [0.3, 0.4) is 0 Å². The molecule has 0 bridgehead atoms. The Morgan fingerprint density at radius 3 is 2.69 bits per heavy atom. The van der Waals surface area contributed by atoms with Crippen molar-refractivity contribution in [2.45, 2.75) is 32.9 Å². The van der Waals surface area contributed by atoms with Gasteiger partial charge in [0.25, 0.3) is 5.91 Å². The highest BCUT2D eigenvalue weighted by Crippen LogP contribution is 2.36. The molecular weight excluding hydrogens is 375 g/mol. The molecule has 0 aliphatic carbocycles. The van der Waals surface area contributed by atoms with Gasteiger partial charge in [-0.15, -0.1) is 0 Å². The number of halogens is 2. The van der Waals surface area contributed by atoms with Gasteiger partial charge in [0.05, 0.1) is 16.4 Å². The summed E-state index contributed by atoms with van der Waals surface area (Å²) in [6.45, 7) is 5.24. The van der Waals surface area contributed by atoms with Crippen molar-refractivity contribution in [2.24, 2.45) is 0 Å². The number of rotatable bonds is 3. The molecule has 1 aliphatic rings. The standard InChI is InChI=1S/C19H18Cl2N2O3/c1-10-4-7-17-16(8-10)23(19(25)12(3)26-17)11(2)18(24)22-15-9-13(20)5-6-14(15)21/h4-9,11-12H,1-3H3,(H,22,24). The van der Waals surface area contributed by atoms with Crippen LogP contribution in [0.15, 0.2) is 36.4 Å². The number of ether oxygens (including phenoxy) is 1. The third-order valence-corrected chi connectivity index (χ3v) is 4.78. The van der Waals surface area contributed by atoms with Crippen LogP contribution in [0, 0.1) is 6.92 Å². The van der Waals surface area contributed by atoms with Gasteiger partial charge in [-0.2, -0.15) is 0 Å². The van der Waals surface area contributed by atoms with Crippen LogP contribution in [-0.4, -0.2) is 24.0 Å². The van der Waals surface area contributed by atoms with Crippen LogP contribution in [0.1, 0.15) is 19.4 Å². The topological polar surface area (TPSA) is 58.6 Å². The second-order valence-corrected chi connectivity index (χ2v) is 7.07. The Balaban J connectivity index is 1.92. The predicted molar refractivity (Wildman–Crippen MR) is 103 cm³/mol. The molecule has 1 N–H and O–H groups in total. The second kappa shape index (κ2) is 7.17. The Labute approximate surface area is 161 Å². The van der Waals surface area contributed by atoms with Gasteiger partial charge in [-0.3, -0.25) is 14.5 Å². The molecule has 0 radical (unpaired) electrons. The molecule has 0 spiro atoms. The minimum absolute atomic E-state index is 0.275. The molecule has 2 unspecified atom stereocenters. The molecule has 26 heavy (non-hydrogen) atoms. The Hall–Kier alpha value is -2.24. The highest BCUT2D eigenvalue weighted by Gasteiger charge is 2.37. The van der Waals surface area contributed by atoms with Gasteiger partial charge in [0, 0.05) is 5.02 Å². The van der Waals surface area contributed by atoms with E-state index < -0.39 is 12.1 Å². The fourth-order valence-corrected chi connectivity index (χ4v) is 3.15. The molecule has 2 amide bonds. The molecule has 0 saturated carbocycles. The minimum Gasteiger partial charge on any atom is -0.479 e. The van der Waals surface area contributed by atoms with Gasteiger partial charge < -0.3 is 10.1 Å². The van der Waals surface area contributed by atoms with Crippen LogP contribution in [0.5, 0.6) is 5.75 Å². The smallest absolute Gasteiger partial charge is 0.268 e. The summed E-state index contributed by atoms with van der Waals surface area (Å²) in [6, 6.07) is 9.57. The molecule has 1 aliphatic heterocycles. The normalized spacial score (nSPS) is 17.3. The lowest BCUT2D eigenvalue weighted by Gasteiger charge is -2.36. The summed E-state index contributed by atoms with van der Waals surface area (Å²) >= 11 is 12.1. The van der Waals surface area contributed by atoms with Gasteiger partial charge in [0.1, 0.15) is 11.8 Å². The van der Waals surface area contributed by atoms with Gasteiger partial charge in [0.2, 0.25) is 5.91 Å². The summed E-state index contributed by atoms with van der Waals surface area (Å²) in [4.78, 5) is 26.9. The lowest BCUT2D eigenvalue weighted by atomic mass is 10.1. The van der Waals surface area contributed by atoms with Crippen LogP contribution in [-0.2, 0) is 9.59 Å². The van der Waals surface area contributed by atoms with Crippen LogP contribution in [0.2, 0.25) is 10.0 Å². The van der Waals surface area contributed by atoms with E-state index in [9.17, 15) is 9.59 Å². The first-order valence-electron chi connectivity index (χ1n) is 8.14. The van der Waals surface area contributed by atoms with E-state index in [2.05, 4.69) is 5.32 Å². The molecule has 0 aromatic heterocycles. The number of benzene rings is 2. The number of aryl methyl sites for hydroxylation is 1. The zero-order valence-corrected chi connectivity index (χ0v) is 16.1. The minimum atomic E-state index is -0.760. The number of nitrogens with zero attached hydrogens (tertiary/aromatic N) is 1. The van der Waals surface area contributed by atoms with Crippen LogP contribution in [0.4, 0.5) is 11.4 Å². The number of fused-ring (bicyclic) bond motifs is 1. The average Bonchev–Trinajstić information content (AvgIpc) is 2.59. The second-order valence-electron chi connectivity index (χ2n) is 6.23. The van der Waals surface area contributed by atoms with Gasteiger partial charge in [-0.1, -0.05) is 29.3 Å². The van der Waals surface area contributed by atoms with Crippen molar-refractivity contribution in [1.82, 2.24) is 0 Å². The Kier molecular flexibility index (Phi) is 5.12. The van der Waals surface area contributed by atoms with Crippen molar-refractivity contribution in [3.63, 3.8) is 0 Å². The SMILES string of the molecule is Cc1ccc2c(c1)N(C(C)C(=O)Nc1cc(Cl)ccc1Cl)C(=O)C(C)O2. The lowest BCUT2D eigenvalue weighted by Crippen LogP contribution is -2.52. The molecule has 0 fully saturated rings. The fourth-order valence-electron chi connectivity index (χ4n) is 2.82. The summed E-state index contributed by atoms with van der Waals surface area (Å²) in [7, 11) is 0. The molecule has 7 heteroatoms. The summed E-state index contributed by atoms with van der Waals surface area (Å²) < 4.78 is 5.65. The highest BCUT2D eigenvalue weighted by atomic mass is 35.5. The molecule has 2 aromatic rings. The zero-order chi connectivity index (χ0) is 19.0. The molecule has 5 nitrogen and oxygen atoms in total. The van der Waals surface area contributed by atoms with E-state index >= 15 is 0 Å². The van der Waals surface area contributed by atoms with E-state index in [0.29, 0.717) is 27.2 Å². The van der Waals surface area contributed by atoms with E-state index in [1.165, 1.54) is 4.90 Å². The number of anilines is 2. The summed E-state index contributed by atoms with van der Waals surface area (Å²) in [5.41, 5.74) is 1.94. The van der Waals surface area contributed by atoms with Gasteiger partial charge in [-0.05, 0) is 56.7 Å². The van der Waals surface area contributed by atoms with Gasteiger partial charge >= 0.3 is 0 Å². The number of hydrogen-bond acceptors (Lipinski definition) is 3. The van der Waals surface area contributed by atoms with E-state index in [1.807, 2.05) is 19.1 Å². The summed E-state index contributed by atoms with van der Waals surface area (Å²) in [5.74, 6) is -0.0739. The maximum atomic E-state index is 12.8. The van der Waals surface area contributed by atoms with Crippen molar-refractivity contribution in [2.75, 3.05) is 10.2 Å². The first kappa shape index (κ1) is 18.5. The van der Waals surface area contributed by atoms with Crippen molar-refractivity contribution in [1.29, 1.82) is 0 Å². The monoisotopic (exact) mass is 392 g/mol. The maximum Gasteiger partial charge on any atom is 0.268 e. The number of carbonyl (C=O) groups is 2. The number of hydrogen-bond donors (Lipinski definition) is 1. The number of nitrogens with one attached hydrogen (secondary N) is 1. The van der Waals surface area contributed by atoms with Crippen molar-refractivity contribution in [3.8, 4) is 5.75 Å². The van der Waals surface area contributed by atoms with Crippen molar-refractivity contribution in [3.05, 3.63) is 52.0 Å². The first-order chi connectivity index (χ1) is 12.3. The molecular formula is C19H18Cl2N2O3. The van der Waals surface area contributed by atoms with E-state index in [1.54, 1.807) is 38.1 Å². The van der Waals surface area contributed by atoms with Crippen molar-refractivity contribution >= 4 is 46.4 Å². The number of carbonyl (C=O) groups excluding carboxylic acids is 2. The van der Waals surface area contributed by atoms with E-state index in [-0.39, 0.29) is 11.8 Å². The van der Waals surface area contributed by atoms with Gasteiger partial charge in [0.15, 0.2) is 6.10 Å². The molecule has 2 atom stereocenters. The fraction of sp³-hybridized carbons (Fsp3) is 0.263. The highest BCUT2D eigenvalue weighted by molar-refractivity contribution is 6.35. The Bertz CT molecular complexity index is 885. The van der Waals surface area contributed by atoms with E-state index in [0.717, 1.165) is 5.56 Å².